The number of hydrogen-bond donors (Lipinski definition) is 3. The standard InChI is InChI=1S/C56H107NO5/c1-3-5-7-9-11-13-15-16-17-18-19-20-22-25-29-32-36-40-44-48-54(59)53(52-58)57-55(60)49-45-41-37-33-30-26-23-21-24-27-31-35-39-43-47-51-62-56(61)50-46-42-38-34-28-14-12-10-8-6-4-2/h21,24,27,31,53-54,58-59H,3-20,22-23,25-26,28-30,32-52H2,1-2H3,(H,57,60)/b24-21-,31-27-. The van der Waals surface area contributed by atoms with Crippen LogP contribution in [0.15, 0.2) is 24.3 Å². The SMILES string of the molecule is CCCCCCCCCCCCCCCCCCCCCC(O)C(CO)NC(=O)CCCCCCCC/C=C\C=C/CCCCCOC(=O)CCCCCCCCCCCCC. The van der Waals surface area contributed by atoms with E-state index >= 15 is 0 Å². The zero-order chi connectivity index (χ0) is 45.1. The van der Waals surface area contributed by atoms with Crippen LogP contribution in [-0.2, 0) is 14.3 Å². The molecule has 0 heterocycles. The van der Waals surface area contributed by atoms with E-state index in [4.69, 9.17) is 4.74 Å². The maximum atomic E-state index is 12.5. The van der Waals surface area contributed by atoms with Crippen LogP contribution >= 0.6 is 0 Å². The molecule has 0 saturated heterocycles. The third-order valence-electron chi connectivity index (χ3n) is 12.8. The third kappa shape index (κ3) is 47.8. The van der Waals surface area contributed by atoms with Crippen molar-refractivity contribution in [1.82, 2.24) is 5.32 Å². The van der Waals surface area contributed by atoms with Crippen LogP contribution in [0.25, 0.3) is 0 Å². The van der Waals surface area contributed by atoms with Gasteiger partial charge in [-0.2, -0.15) is 0 Å². The number of rotatable bonds is 51. The van der Waals surface area contributed by atoms with Gasteiger partial charge in [0.2, 0.25) is 5.91 Å². The van der Waals surface area contributed by atoms with E-state index in [-0.39, 0.29) is 18.5 Å². The quantitative estimate of drug-likeness (QED) is 0.0321. The molecule has 2 unspecified atom stereocenters. The van der Waals surface area contributed by atoms with Gasteiger partial charge in [-0.25, -0.2) is 0 Å². The number of amides is 1. The monoisotopic (exact) mass is 874 g/mol. The van der Waals surface area contributed by atoms with Crippen molar-refractivity contribution in [3.8, 4) is 0 Å². The fraction of sp³-hybridized carbons (Fsp3) is 0.893. The number of hydrogen-bond acceptors (Lipinski definition) is 5. The van der Waals surface area contributed by atoms with E-state index in [9.17, 15) is 19.8 Å². The molecule has 0 rings (SSSR count). The molecule has 0 fully saturated rings. The first-order valence-electron chi connectivity index (χ1n) is 27.6. The number of nitrogens with one attached hydrogen (secondary N) is 1. The molecule has 0 bridgehead atoms. The lowest BCUT2D eigenvalue weighted by atomic mass is 10.0. The van der Waals surface area contributed by atoms with E-state index in [0.29, 0.717) is 25.9 Å². The predicted octanol–water partition coefficient (Wildman–Crippen LogP) is 16.7. The fourth-order valence-electron chi connectivity index (χ4n) is 8.51. The highest BCUT2D eigenvalue weighted by Crippen LogP contribution is 2.17. The van der Waals surface area contributed by atoms with Crippen molar-refractivity contribution in [3.05, 3.63) is 24.3 Å². The minimum absolute atomic E-state index is 0.0217. The lowest BCUT2D eigenvalue weighted by molar-refractivity contribution is -0.143. The number of carbonyl (C=O) groups excluding carboxylic acids is 2. The van der Waals surface area contributed by atoms with E-state index in [1.165, 1.54) is 186 Å². The summed E-state index contributed by atoms with van der Waals surface area (Å²) < 4.78 is 5.43. The van der Waals surface area contributed by atoms with E-state index in [2.05, 4.69) is 43.5 Å². The van der Waals surface area contributed by atoms with Crippen molar-refractivity contribution in [2.75, 3.05) is 13.2 Å². The fourth-order valence-corrected chi connectivity index (χ4v) is 8.51. The topological polar surface area (TPSA) is 95.9 Å². The molecule has 62 heavy (non-hydrogen) atoms. The molecule has 1 amide bonds. The first-order chi connectivity index (χ1) is 30.5. The Morgan fingerprint density at radius 2 is 0.790 bits per heavy atom. The van der Waals surface area contributed by atoms with Crippen molar-refractivity contribution in [1.29, 1.82) is 0 Å². The van der Waals surface area contributed by atoms with Gasteiger partial charge in [0, 0.05) is 12.8 Å². The maximum absolute atomic E-state index is 12.5. The third-order valence-corrected chi connectivity index (χ3v) is 12.8. The summed E-state index contributed by atoms with van der Waals surface area (Å²) in [7, 11) is 0. The Balaban J connectivity index is 3.52. The Morgan fingerprint density at radius 3 is 1.19 bits per heavy atom. The summed E-state index contributed by atoms with van der Waals surface area (Å²) in [5, 5.41) is 23.3. The Labute approximate surface area is 386 Å². The van der Waals surface area contributed by atoms with Gasteiger partial charge in [-0.15, -0.1) is 0 Å². The molecular formula is C56H107NO5. The zero-order valence-corrected chi connectivity index (χ0v) is 41.6. The average molecular weight is 874 g/mol. The van der Waals surface area contributed by atoms with Crippen molar-refractivity contribution in [2.45, 2.75) is 309 Å². The van der Waals surface area contributed by atoms with Gasteiger partial charge in [-0.05, 0) is 57.8 Å². The molecule has 0 aliphatic carbocycles. The lowest BCUT2D eigenvalue weighted by Crippen LogP contribution is -2.45. The summed E-state index contributed by atoms with van der Waals surface area (Å²) in [5.41, 5.74) is 0. The molecule has 6 nitrogen and oxygen atoms in total. The van der Waals surface area contributed by atoms with Crippen LogP contribution in [0.1, 0.15) is 296 Å². The lowest BCUT2D eigenvalue weighted by Gasteiger charge is -2.22. The summed E-state index contributed by atoms with van der Waals surface area (Å²) in [4.78, 5) is 24.4. The minimum Gasteiger partial charge on any atom is -0.466 e. The maximum Gasteiger partial charge on any atom is 0.305 e. The van der Waals surface area contributed by atoms with E-state index in [1.54, 1.807) is 0 Å². The number of unbranched alkanes of at least 4 members (excludes halogenated alkanes) is 37. The van der Waals surface area contributed by atoms with Crippen LogP contribution in [-0.4, -0.2) is 47.4 Å². The molecule has 3 N–H and O–H groups in total. The summed E-state index contributed by atoms with van der Waals surface area (Å²) in [5.74, 6) is -0.0771. The highest BCUT2D eigenvalue weighted by atomic mass is 16.5. The van der Waals surface area contributed by atoms with Crippen LogP contribution in [0.3, 0.4) is 0 Å². The molecule has 2 atom stereocenters. The summed E-state index contributed by atoms with van der Waals surface area (Å²) >= 11 is 0. The van der Waals surface area contributed by atoms with Gasteiger partial charge in [0.25, 0.3) is 0 Å². The van der Waals surface area contributed by atoms with E-state index < -0.39 is 12.1 Å². The summed E-state index contributed by atoms with van der Waals surface area (Å²) in [6.45, 7) is 4.90. The van der Waals surface area contributed by atoms with Crippen molar-refractivity contribution < 1.29 is 24.5 Å². The van der Waals surface area contributed by atoms with Gasteiger partial charge < -0.3 is 20.3 Å². The summed E-state index contributed by atoms with van der Waals surface area (Å²) in [6, 6.07) is -0.558. The largest absolute Gasteiger partial charge is 0.466 e. The molecule has 0 aliphatic heterocycles. The van der Waals surface area contributed by atoms with Gasteiger partial charge in [0.1, 0.15) is 0 Å². The Hall–Kier alpha value is -1.66. The number of carbonyl (C=O) groups is 2. The molecule has 0 aromatic carbocycles. The number of allylic oxidation sites excluding steroid dienone is 4. The molecule has 6 heteroatoms. The van der Waals surface area contributed by atoms with E-state index in [1.807, 2.05) is 0 Å². The number of ether oxygens (including phenoxy) is 1. The normalized spacial score (nSPS) is 12.8. The second-order valence-electron chi connectivity index (χ2n) is 18.9. The van der Waals surface area contributed by atoms with E-state index in [0.717, 1.165) is 77.0 Å². The molecule has 0 aliphatic rings. The van der Waals surface area contributed by atoms with Crippen LogP contribution in [0.2, 0.25) is 0 Å². The van der Waals surface area contributed by atoms with Crippen molar-refractivity contribution in [2.24, 2.45) is 0 Å². The minimum atomic E-state index is -0.678. The second kappa shape index (κ2) is 52.0. The highest BCUT2D eigenvalue weighted by molar-refractivity contribution is 5.76. The molecular weight excluding hydrogens is 767 g/mol. The van der Waals surface area contributed by atoms with Gasteiger partial charge in [0.15, 0.2) is 0 Å². The first kappa shape index (κ1) is 60.3. The smallest absolute Gasteiger partial charge is 0.305 e. The molecule has 0 spiro atoms. The predicted molar refractivity (Wildman–Crippen MR) is 269 cm³/mol. The number of aliphatic hydroxyl groups excluding tert-OH is 2. The Kier molecular flexibility index (Phi) is 50.6. The molecule has 0 saturated carbocycles. The zero-order valence-electron chi connectivity index (χ0n) is 41.6. The Morgan fingerprint density at radius 1 is 0.452 bits per heavy atom. The van der Waals surface area contributed by atoms with Crippen LogP contribution in [0, 0.1) is 0 Å². The Bertz CT molecular complexity index is 966. The van der Waals surface area contributed by atoms with Gasteiger partial charge in [0.05, 0.1) is 25.4 Å². The summed E-state index contributed by atoms with van der Waals surface area (Å²) in [6.07, 6.45) is 61.6. The van der Waals surface area contributed by atoms with Gasteiger partial charge >= 0.3 is 5.97 Å². The van der Waals surface area contributed by atoms with Gasteiger partial charge in [-0.1, -0.05) is 250 Å². The first-order valence-corrected chi connectivity index (χ1v) is 27.6. The van der Waals surface area contributed by atoms with Crippen LogP contribution in [0.4, 0.5) is 0 Å². The van der Waals surface area contributed by atoms with Crippen molar-refractivity contribution >= 4 is 11.9 Å². The second-order valence-corrected chi connectivity index (χ2v) is 18.9. The average Bonchev–Trinajstić information content (AvgIpc) is 3.27. The molecule has 366 valence electrons. The highest BCUT2D eigenvalue weighted by Gasteiger charge is 2.20. The van der Waals surface area contributed by atoms with Crippen molar-refractivity contribution in [3.63, 3.8) is 0 Å². The molecule has 0 radical (unpaired) electrons. The van der Waals surface area contributed by atoms with Crippen LogP contribution < -0.4 is 5.32 Å². The number of aliphatic hydroxyl groups is 2. The molecule has 0 aromatic heterocycles. The van der Waals surface area contributed by atoms with Crippen LogP contribution in [0.5, 0.6) is 0 Å². The molecule has 0 aromatic rings. The van der Waals surface area contributed by atoms with Gasteiger partial charge in [-0.3, -0.25) is 9.59 Å². The number of esters is 1.